The fraction of sp³-hybridized carbons (Fsp3) is 0.400. The molecule has 0 saturated carbocycles. The fourth-order valence-corrected chi connectivity index (χ4v) is 1.05. The number of carbonyl (C=O) groups is 1. The van der Waals surface area contributed by atoms with Crippen molar-refractivity contribution >= 4 is 5.78 Å². The van der Waals surface area contributed by atoms with E-state index in [9.17, 15) is 18.0 Å². The van der Waals surface area contributed by atoms with Crippen molar-refractivity contribution in [2.45, 2.75) is 13.1 Å². The van der Waals surface area contributed by atoms with Crippen LogP contribution in [0.4, 0.5) is 13.2 Å². The van der Waals surface area contributed by atoms with E-state index in [1.165, 1.54) is 6.20 Å². The quantitative estimate of drug-likeness (QED) is 0.804. The maximum atomic E-state index is 11.8. The zero-order chi connectivity index (χ0) is 12.2. The third-order valence-electron chi connectivity index (χ3n) is 1.84. The Bertz CT molecular complexity index is 359. The normalized spacial score (nSPS) is 11.5. The minimum atomic E-state index is -4.30. The molecule has 0 unspecified atom stereocenters. The molecule has 0 amide bonds. The molecule has 0 aromatic carbocycles. The van der Waals surface area contributed by atoms with E-state index in [-0.39, 0.29) is 6.54 Å². The highest BCUT2D eigenvalue weighted by molar-refractivity contribution is 5.97. The summed E-state index contributed by atoms with van der Waals surface area (Å²) in [5.74, 6) is -0.406. The van der Waals surface area contributed by atoms with Crippen molar-refractivity contribution in [2.75, 3.05) is 13.1 Å². The summed E-state index contributed by atoms with van der Waals surface area (Å²) >= 11 is 0. The van der Waals surface area contributed by atoms with Gasteiger partial charge in [0.15, 0.2) is 5.78 Å². The number of pyridine rings is 1. The van der Waals surface area contributed by atoms with Gasteiger partial charge in [-0.3, -0.25) is 9.78 Å². The van der Waals surface area contributed by atoms with Crippen LogP contribution in [0.1, 0.15) is 16.1 Å². The number of rotatable bonds is 4. The SMILES string of the molecule is Cc1ccc(C(=O)CNCC(F)(F)F)cn1. The Morgan fingerprint density at radius 1 is 1.44 bits per heavy atom. The van der Waals surface area contributed by atoms with E-state index in [1.54, 1.807) is 19.1 Å². The minimum Gasteiger partial charge on any atom is -0.302 e. The van der Waals surface area contributed by atoms with Crippen LogP contribution in [-0.2, 0) is 0 Å². The largest absolute Gasteiger partial charge is 0.401 e. The maximum Gasteiger partial charge on any atom is 0.401 e. The second-order valence-electron chi connectivity index (χ2n) is 3.33. The average molecular weight is 232 g/mol. The molecule has 0 bridgehead atoms. The number of hydrogen-bond acceptors (Lipinski definition) is 3. The number of aryl methyl sites for hydroxylation is 1. The summed E-state index contributed by atoms with van der Waals surface area (Å²) in [6, 6.07) is 3.18. The maximum absolute atomic E-state index is 11.8. The van der Waals surface area contributed by atoms with Crippen LogP contribution < -0.4 is 5.32 Å². The molecule has 0 aliphatic rings. The van der Waals surface area contributed by atoms with E-state index in [4.69, 9.17) is 0 Å². The lowest BCUT2D eigenvalue weighted by Crippen LogP contribution is -2.32. The molecule has 0 saturated heterocycles. The van der Waals surface area contributed by atoms with Gasteiger partial charge in [0.2, 0.25) is 0 Å². The van der Waals surface area contributed by atoms with Crippen LogP contribution in [0, 0.1) is 6.92 Å². The van der Waals surface area contributed by atoms with Crippen molar-refractivity contribution in [2.24, 2.45) is 0 Å². The van der Waals surface area contributed by atoms with E-state index in [0.717, 1.165) is 5.69 Å². The molecule has 1 aromatic heterocycles. The molecule has 0 radical (unpaired) electrons. The van der Waals surface area contributed by atoms with Crippen LogP contribution in [0.5, 0.6) is 0 Å². The Balaban J connectivity index is 2.44. The van der Waals surface area contributed by atoms with Gasteiger partial charge in [0.05, 0.1) is 13.1 Å². The molecule has 3 nitrogen and oxygen atoms in total. The van der Waals surface area contributed by atoms with Gasteiger partial charge < -0.3 is 5.32 Å². The number of halogens is 3. The summed E-state index contributed by atoms with van der Waals surface area (Å²) in [5.41, 5.74) is 1.06. The summed E-state index contributed by atoms with van der Waals surface area (Å²) in [6.45, 7) is 0.248. The molecular formula is C10H11F3N2O. The van der Waals surface area contributed by atoms with E-state index in [2.05, 4.69) is 4.98 Å². The molecule has 0 atom stereocenters. The summed E-state index contributed by atoms with van der Waals surface area (Å²) in [5, 5.41) is 2.04. The summed E-state index contributed by atoms with van der Waals surface area (Å²) in [7, 11) is 0. The topological polar surface area (TPSA) is 42.0 Å². The number of nitrogens with one attached hydrogen (secondary N) is 1. The standard InChI is InChI=1S/C10H11F3N2O/c1-7-2-3-8(4-15-7)9(16)5-14-6-10(11,12)13/h2-4,14H,5-6H2,1H3. The molecule has 16 heavy (non-hydrogen) atoms. The monoisotopic (exact) mass is 232 g/mol. The van der Waals surface area contributed by atoms with Crippen LogP contribution in [0.25, 0.3) is 0 Å². The molecule has 1 aromatic rings. The van der Waals surface area contributed by atoms with Gasteiger partial charge in [-0.25, -0.2) is 0 Å². The molecule has 0 aliphatic heterocycles. The van der Waals surface area contributed by atoms with Crippen LogP contribution in [-0.4, -0.2) is 30.0 Å². The fourth-order valence-electron chi connectivity index (χ4n) is 1.05. The van der Waals surface area contributed by atoms with Gasteiger partial charge in [-0.05, 0) is 19.1 Å². The van der Waals surface area contributed by atoms with Gasteiger partial charge in [-0.15, -0.1) is 0 Å². The Morgan fingerprint density at radius 2 is 2.12 bits per heavy atom. The first kappa shape index (κ1) is 12.6. The van der Waals surface area contributed by atoms with Crippen molar-refractivity contribution in [3.05, 3.63) is 29.6 Å². The van der Waals surface area contributed by atoms with Gasteiger partial charge in [0, 0.05) is 17.5 Å². The van der Waals surface area contributed by atoms with Crippen molar-refractivity contribution in [1.82, 2.24) is 10.3 Å². The second-order valence-corrected chi connectivity index (χ2v) is 3.33. The molecule has 1 rings (SSSR count). The van der Waals surface area contributed by atoms with Crippen molar-refractivity contribution < 1.29 is 18.0 Å². The smallest absolute Gasteiger partial charge is 0.302 e. The first-order valence-electron chi connectivity index (χ1n) is 4.62. The zero-order valence-corrected chi connectivity index (χ0v) is 8.64. The Morgan fingerprint density at radius 3 is 2.62 bits per heavy atom. The predicted molar refractivity (Wildman–Crippen MR) is 52.2 cm³/mol. The van der Waals surface area contributed by atoms with Crippen molar-refractivity contribution in [1.29, 1.82) is 0 Å². The van der Waals surface area contributed by atoms with Gasteiger partial charge >= 0.3 is 6.18 Å². The number of nitrogens with zero attached hydrogens (tertiary/aromatic N) is 1. The third kappa shape index (κ3) is 4.39. The Hall–Kier alpha value is -1.43. The molecule has 0 spiro atoms. The van der Waals surface area contributed by atoms with Gasteiger partial charge in [-0.1, -0.05) is 0 Å². The molecule has 0 aliphatic carbocycles. The number of carbonyl (C=O) groups excluding carboxylic acids is 1. The molecule has 1 N–H and O–H groups in total. The Labute approximate surface area is 90.7 Å². The minimum absolute atomic E-state index is 0.306. The van der Waals surface area contributed by atoms with Crippen LogP contribution in [0.3, 0.4) is 0 Å². The van der Waals surface area contributed by atoms with Gasteiger partial charge in [0.1, 0.15) is 0 Å². The number of alkyl halides is 3. The number of ketones is 1. The lowest BCUT2D eigenvalue weighted by Gasteiger charge is -2.07. The highest BCUT2D eigenvalue weighted by Crippen LogP contribution is 2.12. The first-order valence-corrected chi connectivity index (χ1v) is 4.62. The highest BCUT2D eigenvalue weighted by Gasteiger charge is 2.26. The molecule has 6 heteroatoms. The lowest BCUT2D eigenvalue weighted by molar-refractivity contribution is -0.124. The highest BCUT2D eigenvalue weighted by atomic mass is 19.4. The summed E-state index contributed by atoms with van der Waals surface area (Å²) in [6.07, 6.45) is -2.95. The average Bonchev–Trinajstić information content (AvgIpc) is 2.16. The van der Waals surface area contributed by atoms with E-state index in [0.29, 0.717) is 5.56 Å². The van der Waals surface area contributed by atoms with E-state index in [1.807, 2.05) is 5.32 Å². The van der Waals surface area contributed by atoms with Crippen LogP contribution >= 0.6 is 0 Å². The van der Waals surface area contributed by atoms with Crippen LogP contribution in [0.15, 0.2) is 18.3 Å². The lowest BCUT2D eigenvalue weighted by atomic mass is 10.2. The van der Waals surface area contributed by atoms with Gasteiger partial charge in [0.25, 0.3) is 0 Å². The molecule has 0 fully saturated rings. The molecular weight excluding hydrogens is 221 g/mol. The second kappa shape index (κ2) is 5.07. The third-order valence-corrected chi connectivity index (χ3v) is 1.84. The molecule has 88 valence electrons. The summed E-state index contributed by atoms with van der Waals surface area (Å²) in [4.78, 5) is 15.3. The predicted octanol–water partition coefficient (Wildman–Crippen LogP) is 1.72. The van der Waals surface area contributed by atoms with E-state index < -0.39 is 18.5 Å². The van der Waals surface area contributed by atoms with Gasteiger partial charge in [-0.2, -0.15) is 13.2 Å². The van der Waals surface area contributed by atoms with E-state index >= 15 is 0 Å². The Kier molecular flexibility index (Phi) is 4.00. The number of aromatic nitrogens is 1. The first-order chi connectivity index (χ1) is 7.38. The zero-order valence-electron chi connectivity index (χ0n) is 8.64. The van der Waals surface area contributed by atoms with Crippen LogP contribution in [0.2, 0.25) is 0 Å². The van der Waals surface area contributed by atoms with Crippen molar-refractivity contribution in [3.63, 3.8) is 0 Å². The molecule has 1 heterocycles. The van der Waals surface area contributed by atoms with Crippen molar-refractivity contribution in [3.8, 4) is 0 Å². The number of Topliss-reactive ketones (excluding diaryl/α,β-unsaturated/α-hetero) is 1. The summed E-state index contributed by atoms with van der Waals surface area (Å²) < 4.78 is 35.3. The number of hydrogen-bond donors (Lipinski definition) is 1.